The van der Waals surface area contributed by atoms with Crippen LogP contribution in [0, 0.1) is 0 Å². The molecule has 0 heterocycles. The van der Waals surface area contributed by atoms with Crippen LogP contribution in [0.15, 0.2) is 30.3 Å². The van der Waals surface area contributed by atoms with E-state index in [2.05, 4.69) is 5.32 Å². The SMILES string of the molecule is NC(=O)CSCCC(=O)NC(Cc1ccccc1)C(=O)O. The second-order valence-corrected chi connectivity index (χ2v) is 5.52. The average molecular weight is 310 g/mol. The van der Waals surface area contributed by atoms with Crippen LogP contribution >= 0.6 is 11.8 Å². The van der Waals surface area contributed by atoms with Gasteiger partial charge in [-0.3, -0.25) is 9.59 Å². The number of primary amides is 1. The van der Waals surface area contributed by atoms with Crippen molar-refractivity contribution in [3.8, 4) is 0 Å². The molecule has 0 saturated carbocycles. The zero-order chi connectivity index (χ0) is 15.7. The highest BCUT2D eigenvalue weighted by Crippen LogP contribution is 2.05. The van der Waals surface area contributed by atoms with Gasteiger partial charge in [0.25, 0.3) is 0 Å². The molecule has 1 atom stereocenters. The zero-order valence-corrected chi connectivity index (χ0v) is 12.3. The molecule has 0 aromatic heterocycles. The molecule has 0 spiro atoms. The molecule has 114 valence electrons. The number of hydrogen-bond donors (Lipinski definition) is 3. The normalized spacial score (nSPS) is 11.6. The fourth-order valence-electron chi connectivity index (χ4n) is 1.65. The molecule has 0 radical (unpaired) electrons. The van der Waals surface area contributed by atoms with Crippen LogP contribution < -0.4 is 11.1 Å². The van der Waals surface area contributed by atoms with Gasteiger partial charge < -0.3 is 16.2 Å². The molecule has 1 rings (SSSR count). The van der Waals surface area contributed by atoms with E-state index in [0.29, 0.717) is 5.75 Å². The summed E-state index contributed by atoms with van der Waals surface area (Å²) in [6, 6.07) is 8.14. The van der Waals surface area contributed by atoms with Gasteiger partial charge in [0.15, 0.2) is 0 Å². The summed E-state index contributed by atoms with van der Waals surface area (Å²) in [7, 11) is 0. The summed E-state index contributed by atoms with van der Waals surface area (Å²) in [6.45, 7) is 0. The van der Waals surface area contributed by atoms with Crippen molar-refractivity contribution >= 4 is 29.5 Å². The highest BCUT2D eigenvalue weighted by atomic mass is 32.2. The largest absolute Gasteiger partial charge is 0.480 e. The van der Waals surface area contributed by atoms with Crippen molar-refractivity contribution in [3.05, 3.63) is 35.9 Å². The number of nitrogens with one attached hydrogen (secondary N) is 1. The zero-order valence-electron chi connectivity index (χ0n) is 11.5. The maximum Gasteiger partial charge on any atom is 0.326 e. The summed E-state index contributed by atoms with van der Waals surface area (Å²) < 4.78 is 0. The van der Waals surface area contributed by atoms with E-state index >= 15 is 0 Å². The van der Waals surface area contributed by atoms with Crippen LogP contribution in [-0.4, -0.2) is 40.4 Å². The third kappa shape index (κ3) is 7.36. The molecular weight excluding hydrogens is 292 g/mol. The highest BCUT2D eigenvalue weighted by molar-refractivity contribution is 7.99. The molecule has 4 N–H and O–H groups in total. The Kier molecular flexibility index (Phi) is 7.31. The van der Waals surface area contributed by atoms with Crippen molar-refractivity contribution in [3.63, 3.8) is 0 Å². The van der Waals surface area contributed by atoms with Gasteiger partial charge in [0, 0.05) is 18.6 Å². The smallest absolute Gasteiger partial charge is 0.326 e. The highest BCUT2D eigenvalue weighted by Gasteiger charge is 2.20. The molecule has 1 aromatic rings. The van der Waals surface area contributed by atoms with Crippen LogP contribution in [-0.2, 0) is 20.8 Å². The first kappa shape index (κ1) is 17.0. The Labute approximate surface area is 127 Å². The van der Waals surface area contributed by atoms with Crippen molar-refractivity contribution in [1.82, 2.24) is 5.32 Å². The van der Waals surface area contributed by atoms with E-state index in [1.54, 1.807) is 0 Å². The Morgan fingerprint density at radius 2 is 1.90 bits per heavy atom. The number of carbonyl (C=O) groups is 3. The number of amides is 2. The third-order valence-corrected chi connectivity index (χ3v) is 3.62. The summed E-state index contributed by atoms with van der Waals surface area (Å²) in [4.78, 5) is 33.4. The van der Waals surface area contributed by atoms with Gasteiger partial charge in [-0.15, -0.1) is 0 Å². The Bertz CT molecular complexity index is 493. The number of carbonyl (C=O) groups excluding carboxylic acids is 2. The Balaban J connectivity index is 2.41. The fourth-order valence-corrected chi connectivity index (χ4v) is 2.33. The van der Waals surface area contributed by atoms with Crippen molar-refractivity contribution in [1.29, 1.82) is 0 Å². The number of rotatable bonds is 9. The average Bonchev–Trinajstić information content (AvgIpc) is 2.44. The lowest BCUT2D eigenvalue weighted by atomic mass is 10.1. The number of benzene rings is 1. The van der Waals surface area contributed by atoms with Gasteiger partial charge in [0.05, 0.1) is 5.75 Å². The lowest BCUT2D eigenvalue weighted by Gasteiger charge is -2.14. The molecule has 1 aromatic carbocycles. The Morgan fingerprint density at radius 1 is 1.24 bits per heavy atom. The van der Waals surface area contributed by atoms with E-state index in [9.17, 15) is 14.4 Å². The van der Waals surface area contributed by atoms with Gasteiger partial charge in [0.1, 0.15) is 6.04 Å². The molecule has 2 amide bonds. The van der Waals surface area contributed by atoms with Gasteiger partial charge in [0.2, 0.25) is 11.8 Å². The molecular formula is C14H18N2O4S. The minimum Gasteiger partial charge on any atom is -0.480 e. The third-order valence-electron chi connectivity index (χ3n) is 2.63. The van der Waals surface area contributed by atoms with Crippen LogP contribution in [0.4, 0.5) is 0 Å². The number of carboxylic acid groups (broad SMARTS) is 1. The molecule has 7 heteroatoms. The van der Waals surface area contributed by atoms with Crippen LogP contribution in [0.3, 0.4) is 0 Å². The van der Waals surface area contributed by atoms with E-state index in [-0.39, 0.29) is 24.5 Å². The second-order valence-electron chi connectivity index (χ2n) is 4.42. The van der Waals surface area contributed by atoms with Crippen LogP contribution in [0.5, 0.6) is 0 Å². The number of nitrogens with two attached hydrogens (primary N) is 1. The molecule has 21 heavy (non-hydrogen) atoms. The number of thioether (sulfide) groups is 1. The van der Waals surface area contributed by atoms with E-state index in [4.69, 9.17) is 10.8 Å². The quantitative estimate of drug-likeness (QED) is 0.572. The van der Waals surface area contributed by atoms with Crippen LogP contribution in [0.2, 0.25) is 0 Å². The summed E-state index contributed by atoms with van der Waals surface area (Å²) >= 11 is 1.25. The van der Waals surface area contributed by atoms with Crippen molar-refractivity contribution < 1.29 is 19.5 Å². The molecule has 0 bridgehead atoms. The second kappa shape index (κ2) is 9.02. The monoisotopic (exact) mass is 310 g/mol. The minimum atomic E-state index is -1.07. The maximum atomic E-state index is 11.7. The molecule has 0 fully saturated rings. The Hall–Kier alpha value is -2.02. The summed E-state index contributed by atoms with van der Waals surface area (Å²) in [5, 5.41) is 11.6. The number of carboxylic acids is 1. The van der Waals surface area contributed by atoms with E-state index in [1.807, 2.05) is 30.3 Å². The molecule has 1 unspecified atom stereocenters. The number of aliphatic carboxylic acids is 1. The van der Waals surface area contributed by atoms with Crippen molar-refractivity contribution in [2.24, 2.45) is 5.73 Å². The van der Waals surface area contributed by atoms with Gasteiger partial charge in [-0.2, -0.15) is 11.8 Å². The number of hydrogen-bond acceptors (Lipinski definition) is 4. The standard InChI is InChI=1S/C14H18N2O4S/c15-12(17)9-21-7-6-13(18)16-11(14(19)20)8-10-4-2-1-3-5-10/h1-5,11H,6-9H2,(H2,15,17)(H,16,18)(H,19,20). The van der Waals surface area contributed by atoms with Crippen LogP contribution in [0.25, 0.3) is 0 Å². The van der Waals surface area contributed by atoms with Crippen molar-refractivity contribution in [2.75, 3.05) is 11.5 Å². The molecule has 0 aliphatic rings. The minimum absolute atomic E-state index is 0.149. The first-order valence-corrected chi connectivity index (χ1v) is 7.56. The van der Waals surface area contributed by atoms with E-state index in [1.165, 1.54) is 11.8 Å². The van der Waals surface area contributed by atoms with Gasteiger partial charge in [-0.05, 0) is 5.56 Å². The lowest BCUT2D eigenvalue weighted by molar-refractivity contribution is -0.141. The summed E-state index contributed by atoms with van der Waals surface area (Å²) in [5.41, 5.74) is 5.82. The fraction of sp³-hybridized carbons (Fsp3) is 0.357. The van der Waals surface area contributed by atoms with Crippen LogP contribution in [0.1, 0.15) is 12.0 Å². The van der Waals surface area contributed by atoms with Gasteiger partial charge >= 0.3 is 5.97 Å². The van der Waals surface area contributed by atoms with Gasteiger partial charge in [-0.1, -0.05) is 30.3 Å². The Morgan fingerprint density at radius 3 is 2.48 bits per heavy atom. The summed E-state index contributed by atoms with van der Waals surface area (Å²) in [6.07, 6.45) is 0.382. The van der Waals surface area contributed by atoms with E-state index in [0.717, 1.165) is 5.56 Å². The molecule has 0 aliphatic heterocycles. The predicted molar refractivity (Wildman–Crippen MR) is 80.8 cm³/mol. The summed E-state index contributed by atoms with van der Waals surface area (Å²) in [5.74, 6) is -1.29. The predicted octanol–water partition coefficient (Wildman–Crippen LogP) is 0.407. The van der Waals surface area contributed by atoms with Gasteiger partial charge in [-0.25, -0.2) is 4.79 Å². The lowest BCUT2D eigenvalue weighted by Crippen LogP contribution is -2.42. The van der Waals surface area contributed by atoms with Crippen molar-refractivity contribution in [2.45, 2.75) is 18.9 Å². The molecule has 0 aliphatic carbocycles. The molecule has 0 saturated heterocycles. The van der Waals surface area contributed by atoms with E-state index < -0.39 is 17.9 Å². The maximum absolute atomic E-state index is 11.7. The topological polar surface area (TPSA) is 109 Å². The first-order chi connectivity index (χ1) is 9.99. The molecule has 6 nitrogen and oxygen atoms in total. The first-order valence-electron chi connectivity index (χ1n) is 6.41.